The lowest BCUT2D eigenvalue weighted by atomic mass is 9.96. The van der Waals surface area contributed by atoms with Gasteiger partial charge in [0.15, 0.2) is 0 Å². The highest BCUT2D eigenvalue weighted by atomic mass is 35.5. The van der Waals surface area contributed by atoms with Crippen LogP contribution in [-0.4, -0.2) is 34.0 Å². The fourth-order valence-electron chi connectivity index (χ4n) is 3.25. The molecule has 0 spiro atoms. The Bertz CT molecular complexity index is 950. The monoisotopic (exact) mass is 385 g/mol. The van der Waals surface area contributed by atoms with Crippen molar-refractivity contribution in [3.05, 3.63) is 70.8 Å². The number of aromatic nitrogens is 2. The van der Waals surface area contributed by atoms with E-state index in [0.717, 1.165) is 12.8 Å². The Hall–Kier alpha value is -2.73. The molecule has 0 bridgehead atoms. The smallest absolute Gasteiger partial charge is 0.255 e. The van der Waals surface area contributed by atoms with Crippen molar-refractivity contribution in [3.8, 4) is 11.4 Å². The number of benzene rings is 2. The molecular formula is C20H17ClFN3O2. The van der Waals surface area contributed by atoms with Crippen LogP contribution in [0.5, 0.6) is 0 Å². The molecule has 1 aliphatic rings. The molecule has 1 aromatic heterocycles. The van der Waals surface area contributed by atoms with Crippen molar-refractivity contribution in [2.45, 2.75) is 18.8 Å². The van der Waals surface area contributed by atoms with Crippen LogP contribution in [0.4, 0.5) is 4.39 Å². The average molecular weight is 386 g/mol. The van der Waals surface area contributed by atoms with Gasteiger partial charge in [-0.3, -0.25) is 4.79 Å². The lowest BCUT2D eigenvalue weighted by Gasteiger charge is -2.30. The van der Waals surface area contributed by atoms with Gasteiger partial charge in [-0.15, -0.1) is 0 Å². The summed E-state index contributed by atoms with van der Waals surface area (Å²) in [4.78, 5) is 18.9. The van der Waals surface area contributed by atoms with Gasteiger partial charge in [0, 0.05) is 24.6 Å². The zero-order valence-electron chi connectivity index (χ0n) is 14.4. The predicted octanol–water partition coefficient (Wildman–Crippen LogP) is 4.55. The van der Waals surface area contributed by atoms with Gasteiger partial charge in [-0.1, -0.05) is 28.9 Å². The van der Waals surface area contributed by atoms with Crippen molar-refractivity contribution < 1.29 is 13.7 Å². The van der Waals surface area contributed by atoms with Crippen LogP contribution in [0.15, 0.2) is 53.1 Å². The lowest BCUT2D eigenvalue weighted by molar-refractivity contribution is 0.0704. The number of carbonyl (C=O) groups excluding carboxylic acids is 1. The van der Waals surface area contributed by atoms with Crippen LogP contribution in [-0.2, 0) is 0 Å². The molecular weight excluding hydrogens is 369 g/mol. The molecule has 0 radical (unpaired) electrons. The van der Waals surface area contributed by atoms with Crippen molar-refractivity contribution in [2.24, 2.45) is 0 Å². The molecule has 0 unspecified atom stereocenters. The fourth-order valence-corrected chi connectivity index (χ4v) is 3.47. The Labute approximate surface area is 160 Å². The molecule has 0 saturated carbocycles. The number of rotatable bonds is 3. The first-order valence-electron chi connectivity index (χ1n) is 8.75. The third-order valence-electron chi connectivity index (χ3n) is 4.78. The van der Waals surface area contributed by atoms with E-state index in [1.54, 1.807) is 41.3 Å². The highest BCUT2D eigenvalue weighted by molar-refractivity contribution is 6.33. The van der Waals surface area contributed by atoms with E-state index >= 15 is 0 Å². The molecule has 138 valence electrons. The minimum atomic E-state index is -0.307. The summed E-state index contributed by atoms with van der Waals surface area (Å²) in [6.07, 6.45) is 1.47. The molecule has 1 aliphatic heterocycles. The number of amides is 1. The second-order valence-corrected chi connectivity index (χ2v) is 6.92. The summed E-state index contributed by atoms with van der Waals surface area (Å²) in [6.45, 7) is 1.20. The molecule has 2 heterocycles. The van der Waals surface area contributed by atoms with Gasteiger partial charge < -0.3 is 9.42 Å². The molecule has 7 heteroatoms. The van der Waals surface area contributed by atoms with Crippen LogP contribution < -0.4 is 0 Å². The molecule has 0 atom stereocenters. The molecule has 3 aromatic rings. The summed E-state index contributed by atoms with van der Waals surface area (Å²) < 4.78 is 18.5. The number of halogens is 2. The Balaban J connectivity index is 1.42. The van der Waals surface area contributed by atoms with E-state index in [-0.39, 0.29) is 17.6 Å². The van der Waals surface area contributed by atoms with Crippen LogP contribution >= 0.6 is 11.6 Å². The number of hydrogen-bond acceptors (Lipinski definition) is 4. The van der Waals surface area contributed by atoms with Crippen LogP contribution in [0.25, 0.3) is 11.4 Å². The maximum atomic E-state index is 13.0. The summed E-state index contributed by atoms with van der Waals surface area (Å²) in [6, 6.07) is 13.0. The first kappa shape index (κ1) is 17.7. The number of nitrogens with zero attached hydrogens (tertiary/aromatic N) is 3. The van der Waals surface area contributed by atoms with Crippen LogP contribution in [0.1, 0.15) is 35.0 Å². The topological polar surface area (TPSA) is 59.2 Å². The van der Waals surface area contributed by atoms with Crippen molar-refractivity contribution >= 4 is 17.5 Å². The number of hydrogen-bond donors (Lipinski definition) is 0. The quantitative estimate of drug-likeness (QED) is 0.663. The molecule has 0 N–H and O–H groups in total. The standard InChI is InChI=1S/C20H17ClFN3O2/c21-17-4-2-1-3-16(17)20(26)25-11-9-14(10-12-25)19-23-18(24-27-19)13-5-7-15(22)8-6-13/h1-8,14H,9-12H2. The van der Waals surface area contributed by atoms with Gasteiger partial charge >= 0.3 is 0 Å². The Kier molecular flexibility index (Phi) is 4.90. The van der Waals surface area contributed by atoms with Gasteiger partial charge in [-0.25, -0.2) is 4.39 Å². The van der Waals surface area contributed by atoms with Crippen molar-refractivity contribution in [1.82, 2.24) is 15.0 Å². The summed E-state index contributed by atoms with van der Waals surface area (Å²) >= 11 is 6.13. The zero-order valence-corrected chi connectivity index (χ0v) is 15.2. The van der Waals surface area contributed by atoms with Gasteiger partial charge in [-0.05, 0) is 49.2 Å². The number of piperidine rings is 1. The third-order valence-corrected chi connectivity index (χ3v) is 5.11. The molecule has 1 saturated heterocycles. The molecule has 5 nitrogen and oxygen atoms in total. The maximum absolute atomic E-state index is 13.0. The van der Waals surface area contributed by atoms with Crippen molar-refractivity contribution in [3.63, 3.8) is 0 Å². The predicted molar refractivity (Wildman–Crippen MR) is 99.0 cm³/mol. The summed E-state index contributed by atoms with van der Waals surface area (Å²) in [5.74, 6) is 0.732. The number of carbonyl (C=O) groups is 1. The van der Waals surface area contributed by atoms with Crippen LogP contribution in [0.2, 0.25) is 5.02 Å². The number of likely N-dealkylation sites (tertiary alicyclic amines) is 1. The summed E-state index contributed by atoms with van der Waals surface area (Å²) in [5, 5.41) is 4.46. The average Bonchev–Trinajstić information content (AvgIpc) is 3.19. The van der Waals surface area contributed by atoms with E-state index in [2.05, 4.69) is 10.1 Å². The van der Waals surface area contributed by atoms with Gasteiger partial charge in [0.1, 0.15) is 5.82 Å². The van der Waals surface area contributed by atoms with E-state index in [4.69, 9.17) is 16.1 Å². The minimum Gasteiger partial charge on any atom is -0.339 e. The molecule has 2 aromatic carbocycles. The first-order valence-corrected chi connectivity index (χ1v) is 9.13. The van der Waals surface area contributed by atoms with E-state index in [1.165, 1.54) is 12.1 Å². The van der Waals surface area contributed by atoms with Crippen molar-refractivity contribution in [2.75, 3.05) is 13.1 Å². The second kappa shape index (κ2) is 7.48. The first-order chi connectivity index (χ1) is 13.1. The zero-order chi connectivity index (χ0) is 18.8. The Morgan fingerprint density at radius 1 is 1.11 bits per heavy atom. The van der Waals surface area contributed by atoms with Gasteiger partial charge in [0.25, 0.3) is 5.91 Å². The van der Waals surface area contributed by atoms with Crippen molar-refractivity contribution in [1.29, 1.82) is 0 Å². The highest BCUT2D eigenvalue weighted by Gasteiger charge is 2.28. The minimum absolute atomic E-state index is 0.0587. The Morgan fingerprint density at radius 2 is 1.81 bits per heavy atom. The summed E-state index contributed by atoms with van der Waals surface area (Å²) in [5.41, 5.74) is 1.23. The largest absolute Gasteiger partial charge is 0.339 e. The molecule has 0 aliphatic carbocycles. The summed E-state index contributed by atoms with van der Waals surface area (Å²) in [7, 11) is 0. The van der Waals surface area contributed by atoms with E-state index in [0.29, 0.717) is 41.0 Å². The third kappa shape index (κ3) is 3.71. The van der Waals surface area contributed by atoms with Gasteiger partial charge in [-0.2, -0.15) is 4.98 Å². The lowest BCUT2D eigenvalue weighted by Crippen LogP contribution is -2.38. The van der Waals surface area contributed by atoms with Gasteiger partial charge in [0.05, 0.1) is 10.6 Å². The highest BCUT2D eigenvalue weighted by Crippen LogP contribution is 2.30. The van der Waals surface area contributed by atoms with Crippen LogP contribution in [0.3, 0.4) is 0 Å². The van der Waals surface area contributed by atoms with E-state index in [9.17, 15) is 9.18 Å². The molecule has 27 heavy (non-hydrogen) atoms. The van der Waals surface area contributed by atoms with E-state index < -0.39 is 0 Å². The molecule has 4 rings (SSSR count). The molecule has 1 amide bonds. The maximum Gasteiger partial charge on any atom is 0.255 e. The molecule has 1 fully saturated rings. The normalized spacial score (nSPS) is 15.1. The van der Waals surface area contributed by atoms with Gasteiger partial charge in [0.2, 0.25) is 11.7 Å². The van der Waals surface area contributed by atoms with Crippen LogP contribution in [0, 0.1) is 5.82 Å². The second-order valence-electron chi connectivity index (χ2n) is 6.51. The van der Waals surface area contributed by atoms with E-state index in [1.807, 2.05) is 0 Å². The Morgan fingerprint density at radius 3 is 2.52 bits per heavy atom. The SMILES string of the molecule is O=C(c1ccccc1Cl)N1CCC(c2nc(-c3ccc(F)cc3)no2)CC1. The fraction of sp³-hybridized carbons (Fsp3) is 0.250.